The molecule has 0 amide bonds. The fourth-order valence-electron chi connectivity index (χ4n) is 1.00. The molecule has 0 bridgehead atoms. The molecule has 0 spiro atoms. The lowest BCUT2D eigenvalue weighted by Gasteiger charge is -2.09. The molecular weight excluding hydrogens is 208 g/mol. The molecule has 0 aliphatic carbocycles. The Balaban J connectivity index is 3.78. The van der Waals surface area contributed by atoms with E-state index in [0.717, 1.165) is 12.0 Å². The minimum absolute atomic E-state index is 0.257. The van der Waals surface area contributed by atoms with E-state index in [4.69, 9.17) is 9.47 Å². The standard InChI is InChI=1S/C12H20O4/c1-9(7-15-11(3)13)5-6-10(2)8-16-12(4)14/h5,10H,6-8H2,1-4H3. The van der Waals surface area contributed by atoms with E-state index in [1.165, 1.54) is 13.8 Å². The summed E-state index contributed by atoms with van der Waals surface area (Å²) in [7, 11) is 0. The molecule has 0 aliphatic heterocycles. The van der Waals surface area contributed by atoms with Gasteiger partial charge in [0.25, 0.3) is 0 Å². The fourth-order valence-corrected chi connectivity index (χ4v) is 1.00. The molecule has 1 atom stereocenters. The fraction of sp³-hybridized carbons (Fsp3) is 0.667. The van der Waals surface area contributed by atoms with Crippen LogP contribution in [-0.4, -0.2) is 25.2 Å². The van der Waals surface area contributed by atoms with Crippen LogP contribution in [0.2, 0.25) is 0 Å². The third-order valence-corrected chi connectivity index (χ3v) is 1.94. The maximum absolute atomic E-state index is 10.6. The summed E-state index contributed by atoms with van der Waals surface area (Å²) >= 11 is 0. The van der Waals surface area contributed by atoms with Crippen LogP contribution in [0, 0.1) is 5.92 Å². The second kappa shape index (κ2) is 7.91. The highest BCUT2D eigenvalue weighted by Crippen LogP contribution is 2.06. The van der Waals surface area contributed by atoms with Crippen molar-refractivity contribution in [3.63, 3.8) is 0 Å². The van der Waals surface area contributed by atoms with Crippen LogP contribution in [-0.2, 0) is 19.1 Å². The predicted molar refractivity (Wildman–Crippen MR) is 60.8 cm³/mol. The summed E-state index contributed by atoms with van der Waals surface area (Å²) in [5, 5.41) is 0. The van der Waals surface area contributed by atoms with Gasteiger partial charge in [0.05, 0.1) is 6.61 Å². The van der Waals surface area contributed by atoms with Crippen LogP contribution in [0.5, 0.6) is 0 Å². The summed E-state index contributed by atoms with van der Waals surface area (Å²) in [5.74, 6) is -0.260. The predicted octanol–water partition coefficient (Wildman–Crippen LogP) is 2.09. The van der Waals surface area contributed by atoms with Crippen LogP contribution in [0.1, 0.15) is 34.1 Å². The maximum atomic E-state index is 10.6. The Labute approximate surface area is 96.6 Å². The van der Waals surface area contributed by atoms with Gasteiger partial charge in [-0.05, 0) is 24.8 Å². The Morgan fingerprint density at radius 1 is 1.12 bits per heavy atom. The molecule has 4 nitrogen and oxygen atoms in total. The first kappa shape index (κ1) is 14.7. The monoisotopic (exact) mass is 228 g/mol. The van der Waals surface area contributed by atoms with Gasteiger partial charge in [0, 0.05) is 13.8 Å². The van der Waals surface area contributed by atoms with Crippen LogP contribution in [0.3, 0.4) is 0 Å². The first-order chi connectivity index (χ1) is 7.41. The zero-order valence-electron chi connectivity index (χ0n) is 10.4. The molecule has 0 radical (unpaired) electrons. The molecule has 0 aromatic carbocycles. The zero-order valence-corrected chi connectivity index (χ0v) is 10.4. The van der Waals surface area contributed by atoms with Gasteiger partial charge < -0.3 is 9.47 Å². The smallest absolute Gasteiger partial charge is 0.302 e. The largest absolute Gasteiger partial charge is 0.466 e. The lowest BCUT2D eigenvalue weighted by Crippen LogP contribution is -2.09. The average molecular weight is 228 g/mol. The lowest BCUT2D eigenvalue weighted by molar-refractivity contribution is -0.142. The van der Waals surface area contributed by atoms with E-state index >= 15 is 0 Å². The van der Waals surface area contributed by atoms with Crippen molar-refractivity contribution in [3.05, 3.63) is 11.6 Å². The first-order valence-corrected chi connectivity index (χ1v) is 5.34. The van der Waals surface area contributed by atoms with Gasteiger partial charge in [0.15, 0.2) is 0 Å². The average Bonchev–Trinajstić information content (AvgIpc) is 2.20. The van der Waals surface area contributed by atoms with E-state index in [2.05, 4.69) is 0 Å². The highest BCUT2D eigenvalue weighted by Gasteiger charge is 2.03. The zero-order chi connectivity index (χ0) is 12.6. The Kier molecular flexibility index (Phi) is 7.25. The van der Waals surface area contributed by atoms with Crippen LogP contribution < -0.4 is 0 Å². The summed E-state index contributed by atoms with van der Waals surface area (Å²) in [6.45, 7) is 7.44. The molecule has 0 aromatic rings. The molecular formula is C12H20O4. The van der Waals surface area contributed by atoms with Gasteiger partial charge in [0.1, 0.15) is 6.61 Å². The van der Waals surface area contributed by atoms with Crippen molar-refractivity contribution in [3.8, 4) is 0 Å². The molecule has 16 heavy (non-hydrogen) atoms. The van der Waals surface area contributed by atoms with Crippen LogP contribution in [0.15, 0.2) is 11.6 Å². The highest BCUT2D eigenvalue weighted by molar-refractivity contribution is 5.66. The van der Waals surface area contributed by atoms with Gasteiger partial charge in [-0.25, -0.2) is 0 Å². The SMILES string of the molecule is CC(=O)OCC(C)=CCC(C)COC(C)=O. The van der Waals surface area contributed by atoms with Crippen molar-refractivity contribution in [1.82, 2.24) is 0 Å². The van der Waals surface area contributed by atoms with Crippen molar-refractivity contribution in [2.45, 2.75) is 34.1 Å². The molecule has 4 heteroatoms. The number of ether oxygens (including phenoxy) is 2. The molecule has 1 unspecified atom stereocenters. The Hall–Kier alpha value is -1.32. The van der Waals surface area contributed by atoms with E-state index in [1.807, 2.05) is 19.9 Å². The van der Waals surface area contributed by atoms with Crippen molar-refractivity contribution < 1.29 is 19.1 Å². The van der Waals surface area contributed by atoms with Gasteiger partial charge in [-0.15, -0.1) is 0 Å². The van der Waals surface area contributed by atoms with Crippen molar-refractivity contribution >= 4 is 11.9 Å². The second-order valence-electron chi connectivity index (χ2n) is 3.97. The normalized spacial score (nSPS) is 13.1. The van der Waals surface area contributed by atoms with E-state index in [1.54, 1.807) is 0 Å². The second-order valence-corrected chi connectivity index (χ2v) is 3.97. The Bertz CT molecular complexity index is 268. The number of carbonyl (C=O) groups excluding carboxylic acids is 2. The summed E-state index contributed by atoms with van der Waals surface area (Å²) < 4.78 is 9.72. The number of carbonyl (C=O) groups is 2. The molecule has 0 aromatic heterocycles. The van der Waals surface area contributed by atoms with Gasteiger partial charge in [-0.1, -0.05) is 13.0 Å². The van der Waals surface area contributed by atoms with Crippen molar-refractivity contribution in [2.24, 2.45) is 5.92 Å². The van der Waals surface area contributed by atoms with E-state index in [9.17, 15) is 9.59 Å². The third-order valence-electron chi connectivity index (χ3n) is 1.94. The molecule has 92 valence electrons. The molecule has 0 heterocycles. The topological polar surface area (TPSA) is 52.6 Å². The number of esters is 2. The minimum Gasteiger partial charge on any atom is -0.466 e. The van der Waals surface area contributed by atoms with E-state index in [-0.39, 0.29) is 17.9 Å². The van der Waals surface area contributed by atoms with Crippen LogP contribution in [0.4, 0.5) is 0 Å². The number of rotatable bonds is 6. The van der Waals surface area contributed by atoms with Crippen LogP contribution >= 0.6 is 0 Å². The van der Waals surface area contributed by atoms with Gasteiger partial charge in [-0.2, -0.15) is 0 Å². The minimum atomic E-state index is -0.277. The van der Waals surface area contributed by atoms with Gasteiger partial charge in [0.2, 0.25) is 0 Å². The molecule has 0 fully saturated rings. The van der Waals surface area contributed by atoms with Crippen molar-refractivity contribution in [2.75, 3.05) is 13.2 Å². The van der Waals surface area contributed by atoms with E-state index in [0.29, 0.717) is 13.2 Å². The maximum Gasteiger partial charge on any atom is 0.302 e. The molecule has 0 saturated heterocycles. The van der Waals surface area contributed by atoms with Crippen molar-refractivity contribution in [1.29, 1.82) is 0 Å². The summed E-state index contributed by atoms with van der Waals surface area (Å²) in [4.78, 5) is 21.1. The molecule has 0 rings (SSSR count). The lowest BCUT2D eigenvalue weighted by atomic mass is 10.1. The quantitative estimate of drug-likeness (QED) is 0.516. The summed E-state index contributed by atoms with van der Waals surface area (Å²) in [5.41, 5.74) is 1.00. The molecule has 0 N–H and O–H groups in total. The number of hydrogen-bond donors (Lipinski definition) is 0. The third kappa shape index (κ3) is 9.24. The number of hydrogen-bond acceptors (Lipinski definition) is 4. The van der Waals surface area contributed by atoms with Gasteiger partial charge in [-0.3, -0.25) is 9.59 Å². The van der Waals surface area contributed by atoms with Crippen LogP contribution in [0.25, 0.3) is 0 Å². The molecule has 0 aliphatic rings. The Morgan fingerprint density at radius 2 is 1.69 bits per heavy atom. The van der Waals surface area contributed by atoms with Gasteiger partial charge >= 0.3 is 11.9 Å². The Morgan fingerprint density at radius 3 is 2.19 bits per heavy atom. The summed E-state index contributed by atoms with van der Waals surface area (Å²) in [6.07, 6.45) is 2.80. The first-order valence-electron chi connectivity index (χ1n) is 5.34. The summed E-state index contributed by atoms with van der Waals surface area (Å²) in [6, 6.07) is 0. The number of allylic oxidation sites excluding steroid dienone is 1. The highest BCUT2D eigenvalue weighted by atomic mass is 16.5. The van der Waals surface area contributed by atoms with E-state index < -0.39 is 0 Å². The molecule has 0 saturated carbocycles.